The predicted molar refractivity (Wildman–Crippen MR) is 69.0 cm³/mol. The van der Waals surface area contributed by atoms with Crippen LogP contribution < -0.4 is 5.32 Å². The number of hydrogen-bond acceptors (Lipinski definition) is 3. The number of carbonyl (C=O) groups is 2. The fourth-order valence-electron chi connectivity index (χ4n) is 1.01. The van der Waals surface area contributed by atoms with Gasteiger partial charge in [-0.25, -0.2) is 0 Å². The molecule has 0 aromatic heterocycles. The maximum absolute atomic E-state index is 11.4. The predicted octanol–water partition coefficient (Wildman–Crippen LogP) is 2.18. The minimum absolute atomic E-state index is 0.238. The van der Waals surface area contributed by atoms with Crippen LogP contribution in [0.25, 0.3) is 0 Å². The normalized spacial score (nSPS) is 9.62. The van der Waals surface area contributed by atoms with Crippen LogP contribution in [0.3, 0.4) is 0 Å². The van der Waals surface area contributed by atoms with Gasteiger partial charge in [0, 0.05) is 15.7 Å². The molecule has 86 valence electrons. The quantitative estimate of drug-likeness (QED) is 0.679. The summed E-state index contributed by atoms with van der Waals surface area (Å²) >= 11 is 2.15. The molecule has 5 heteroatoms. The van der Waals surface area contributed by atoms with Gasteiger partial charge in [0.25, 0.3) is 5.91 Å². The van der Waals surface area contributed by atoms with Gasteiger partial charge >= 0.3 is 5.97 Å². The van der Waals surface area contributed by atoms with Gasteiger partial charge in [0.2, 0.25) is 0 Å². The Labute approximate surface area is 108 Å². The van der Waals surface area contributed by atoms with Crippen molar-refractivity contribution in [2.45, 2.75) is 13.3 Å². The summed E-state index contributed by atoms with van der Waals surface area (Å²) in [4.78, 5) is 22.2. The van der Waals surface area contributed by atoms with E-state index in [4.69, 9.17) is 4.74 Å². The van der Waals surface area contributed by atoms with Crippen LogP contribution in [0.15, 0.2) is 24.3 Å². The van der Waals surface area contributed by atoms with Crippen molar-refractivity contribution in [3.8, 4) is 0 Å². The van der Waals surface area contributed by atoms with Gasteiger partial charge in [-0.2, -0.15) is 0 Å². The fourth-order valence-corrected chi connectivity index (χ4v) is 1.55. The van der Waals surface area contributed by atoms with E-state index in [2.05, 4.69) is 27.9 Å². The topological polar surface area (TPSA) is 55.4 Å². The van der Waals surface area contributed by atoms with E-state index < -0.39 is 0 Å². The van der Waals surface area contributed by atoms with Gasteiger partial charge in [-0.3, -0.25) is 9.59 Å². The Balaban J connectivity index is 2.43. The van der Waals surface area contributed by atoms with Crippen LogP contribution in [-0.4, -0.2) is 18.5 Å². The number of rotatable bonds is 4. The number of nitrogens with one attached hydrogen (secondary N) is 1. The first-order valence-corrected chi connectivity index (χ1v) is 5.90. The maximum atomic E-state index is 11.4. The number of amides is 1. The Bertz CT molecular complexity index is 393. The Hall–Kier alpha value is -1.11. The number of hydrogen-bond donors (Lipinski definition) is 1. The molecule has 0 fully saturated rings. The molecule has 1 rings (SSSR count). The van der Waals surface area contributed by atoms with Gasteiger partial charge in [0.05, 0.1) is 0 Å². The first kappa shape index (κ1) is 13.0. The van der Waals surface area contributed by atoms with E-state index >= 15 is 0 Å². The van der Waals surface area contributed by atoms with Crippen molar-refractivity contribution in [1.82, 2.24) is 0 Å². The molecule has 0 radical (unpaired) electrons. The Morgan fingerprint density at radius 1 is 1.44 bits per heavy atom. The number of benzene rings is 1. The van der Waals surface area contributed by atoms with E-state index in [1.165, 1.54) is 0 Å². The molecule has 1 amide bonds. The zero-order valence-electron chi connectivity index (χ0n) is 8.83. The Morgan fingerprint density at radius 3 is 2.81 bits per heavy atom. The number of anilines is 1. The van der Waals surface area contributed by atoms with Crippen molar-refractivity contribution in [1.29, 1.82) is 0 Å². The Morgan fingerprint density at radius 2 is 2.19 bits per heavy atom. The molecule has 4 nitrogen and oxygen atoms in total. The molecule has 0 saturated carbocycles. The van der Waals surface area contributed by atoms with Crippen LogP contribution in [0.4, 0.5) is 5.69 Å². The molecule has 1 N–H and O–H groups in total. The van der Waals surface area contributed by atoms with Crippen molar-refractivity contribution in [2.75, 3.05) is 11.9 Å². The smallest absolute Gasteiger partial charge is 0.306 e. The second kappa shape index (κ2) is 6.47. The van der Waals surface area contributed by atoms with E-state index in [1.807, 2.05) is 18.2 Å². The lowest BCUT2D eigenvalue weighted by atomic mass is 10.3. The minimum atomic E-state index is -0.377. The van der Waals surface area contributed by atoms with E-state index in [1.54, 1.807) is 13.0 Å². The average molecular weight is 333 g/mol. The summed E-state index contributed by atoms with van der Waals surface area (Å²) in [6.07, 6.45) is 0.274. The summed E-state index contributed by atoms with van der Waals surface area (Å²) in [5.41, 5.74) is 0.699. The highest BCUT2D eigenvalue weighted by Gasteiger charge is 2.05. The SMILES string of the molecule is CCC(=O)OCC(=O)Nc1cccc(I)c1. The van der Waals surface area contributed by atoms with Crippen molar-refractivity contribution >= 4 is 40.2 Å². The fraction of sp³-hybridized carbons (Fsp3) is 0.273. The molecule has 1 aromatic carbocycles. The summed E-state index contributed by atoms with van der Waals surface area (Å²) in [6.45, 7) is 1.44. The molecule has 16 heavy (non-hydrogen) atoms. The van der Waals surface area contributed by atoms with Crippen LogP contribution in [0.1, 0.15) is 13.3 Å². The van der Waals surface area contributed by atoms with E-state index in [0.717, 1.165) is 3.57 Å². The second-order valence-corrected chi connectivity index (χ2v) is 4.32. The lowest BCUT2D eigenvalue weighted by Gasteiger charge is -2.05. The highest BCUT2D eigenvalue weighted by molar-refractivity contribution is 14.1. The highest BCUT2D eigenvalue weighted by atomic mass is 127. The van der Waals surface area contributed by atoms with Crippen LogP contribution >= 0.6 is 22.6 Å². The molecule has 1 aromatic rings. The molecule has 0 bridgehead atoms. The first-order chi connectivity index (χ1) is 7.61. The number of ether oxygens (including phenoxy) is 1. The monoisotopic (exact) mass is 333 g/mol. The van der Waals surface area contributed by atoms with Crippen molar-refractivity contribution < 1.29 is 14.3 Å². The largest absolute Gasteiger partial charge is 0.456 e. The van der Waals surface area contributed by atoms with Gasteiger partial charge in [-0.15, -0.1) is 0 Å². The van der Waals surface area contributed by atoms with E-state index in [-0.39, 0.29) is 24.9 Å². The Kier molecular flexibility index (Phi) is 5.24. The zero-order valence-corrected chi connectivity index (χ0v) is 11.0. The molecule has 0 unspecified atom stereocenters. The lowest BCUT2D eigenvalue weighted by molar-refractivity contribution is -0.146. The third-order valence-electron chi connectivity index (χ3n) is 1.76. The third-order valence-corrected chi connectivity index (χ3v) is 2.43. The van der Waals surface area contributed by atoms with E-state index in [9.17, 15) is 9.59 Å². The van der Waals surface area contributed by atoms with Gasteiger partial charge in [0.15, 0.2) is 6.61 Å². The van der Waals surface area contributed by atoms with E-state index in [0.29, 0.717) is 5.69 Å². The van der Waals surface area contributed by atoms with Crippen molar-refractivity contribution in [3.05, 3.63) is 27.8 Å². The number of halogens is 1. The molecular formula is C11H12INO3. The highest BCUT2D eigenvalue weighted by Crippen LogP contribution is 2.12. The van der Waals surface area contributed by atoms with Gasteiger partial charge in [0.1, 0.15) is 0 Å². The average Bonchev–Trinajstić information content (AvgIpc) is 2.26. The van der Waals surface area contributed by atoms with Gasteiger partial charge < -0.3 is 10.1 Å². The van der Waals surface area contributed by atoms with Crippen LogP contribution in [0.2, 0.25) is 0 Å². The number of esters is 1. The molecule has 0 saturated heterocycles. The van der Waals surface area contributed by atoms with Crippen molar-refractivity contribution in [2.24, 2.45) is 0 Å². The first-order valence-electron chi connectivity index (χ1n) is 4.83. The molecule has 0 aliphatic rings. The summed E-state index contributed by atoms with van der Waals surface area (Å²) in [5, 5.41) is 2.64. The second-order valence-electron chi connectivity index (χ2n) is 3.07. The maximum Gasteiger partial charge on any atom is 0.306 e. The van der Waals surface area contributed by atoms with Crippen molar-refractivity contribution in [3.63, 3.8) is 0 Å². The van der Waals surface area contributed by atoms with Crippen LogP contribution in [0, 0.1) is 3.57 Å². The zero-order chi connectivity index (χ0) is 12.0. The molecular weight excluding hydrogens is 321 g/mol. The molecule has 0 aliphatic heterocycles. The van der Waals surface area contributed by atoms with Gasteiger partial charge in [-0.1, -0.05) is 13.0 Å². The standard InChI is InChI=1S/C11H12INO3/c1-2-11(15)16-7-10(14)13-9-5-3-4-8(12)6-9/h3-6H,2,7H2,1H3,(H,13,14). The lowest BCUT2D eigenvalue weighted by Crippen LogP contribution is -2.20. The molecule has 0 aliphatic carbocycles. The summed E-state index contributed by atoms with van der Waals surface area (Å²) in [7, 11) is 0. The third kappa shape index (κ3) is 4.61. The summed E-state index contributed by atoms with van der Waals surface area (Å²) in [5.74, 6) is -0.707. The minimum Gasteiger partial charge on any atom is -0.456 e. The molecule has 0 spiro atoms. The summed E-state index contributed by atoms with van der Waals surface area (Å²) in [6, 6.07) is 7.38. The molecule has 0 heterocycles. The van der Waals surface area contributed by atoms with Crippen LogP contribution in [-0.2, 0) is 14.3 Å². The van der Waals surface area contributed by atoms with Crippen LogP contribution in [0.5, 0.6) is 0 Å². The van der Waals surface area contributed by atoms with Gasteiger partial charge in [-0.05, 0) is 40.8 Å². The number of carbonyl (C=O) groups excluding carboxylic acids is 2. The molecule has 0 atom stereocenters. The summed E-state index contributed by atoms with van der Waals surface area (Å²) < 4.78 is 5.73.